The third kappa shape index (κ3) is 8.64. The summed E-state index contributed by atoms with van der Waals surface area (Å²) in [6, 6.07) is 17.1. The van der Waals surface area contributed by atoms with E-state index in [-0.39, 0.29) is 17.1 Å². The molecule has 0 fully saturated rings. The molecule has 0 aliphatic heterocycles. The summed E-state index contributed by atoms with van der Waals surface area (Å²) >= 11 is 17.1. The summed E-state index contributed by atoms with van der Waals surface area (Å²) in [6.45, 7) is 11.1. The summed E-state index contributed by atoms with van der Waals surface area (Å²) in [5, 5.41) is 19.3. The predicted molar refractivity (Wildman–Crippen MR) is 146 cm³/mol. The summed E-state index contributed by atoms with van der Waals surface area (Å²) in [5.74, 6) is 0. The standard InChI is InChI=1S/C24H31ClN6S2.Cu/c1-5-30(6-2)23(32)28-26-21(18-12-10-9-11-13-18)22(19-14-16-20(25)17-15-19)27-29-24(33)31(7-3)8-4;/h9-17H,5-8H2,1-4H3,(H,28,32)(H,29,33);/q;+2/p-2. The molecule has 2 aromatic rings. The minimum absolute atomic E-state index is 0. The quantitative estimate of drug-likeness (QED) is 0.142. The van der Waals surface area contributed by atoms with E-state index in [1.54, 1.807) is 12.1 Å². The summed E-state index contributed by atoms with van der Waals surface area (Å²) in [4.78, 5) is 3.91. The van der Waals surface area contributed by atoms with Crippen molar-refractivity contribution in [2.75, 3.05) is 26.2 Å². The second kappa shape index (κ2) is 15.8. The number of rotatable bonds is 9. The third-order valence-corrected chi connectivity index (χ3v) is 5.86. The number of hydrogen-bond donors (Lipinski definition) is 0. The SMILES string of the molecule is CCN(CC)C([S-])=NN=C(C(=NN=C([S-])N(CC)CC)c1ccc(Cl)cc1)c1ccccc1.[Cu+2]. The van der Waals surface area contributed by atoms with Crippen LogP contribution in [-0.4, -0.2) is 57.7 Å². The van der Waals surface area contributed by atoms with E-state index in [0.717, 1.165) is 37.3 Å². The normalized spacial score (nSPS) is 12.9. The van der Waals surface area contributed by atoms with Crippen molar-refractivity contribution in [2.45, 2.75) is 27.7 Å². The topological polar surface area (TPSA) is 55.9 Å². The Balaban J connectivity index is 0.00000578. The average Bonchev–Trinajstić information content (AvgIpc) is 2.84. The van der Waals surface area contributed by atoms with Crippen LogP contribution in [0.1, 0.15) is 38.8 Å². The largest absolute Gasteiger partial charge is 2.00 e. The summed E-state index contributed by atoms with van der Waals surface area (Å²) in [7, 11) is 0. The fourth-order valence-corrected chi connectivity index (χ4v) is 3.71. The van der Waals surface area contributed by atoms with Crippen LogP contribution in [0.4, 0.5) is 0 Å². The molecule has 0 aliphatic carbocycles. The average molecular weight is 565 g/mol. The second-order valence-electron chi connectivity index (χ2n) is 6.88. The Hall–Kier alpha value is -2.03. The number of nitrogens with zero attached hydrogens (tertiary/aromatic N) is 6. The van der Waals surface area contributed by atoms with Crippen molar-refractivity contribution in [3.05, 3.63) is 70.7 Å². The zero-order chi connectivity index (χ0) is 24.2. The first kappa shape index (κ1) is 30.0. The van der Waals surface area contributed by atoms with Crippen molar-refractivity contribution in [2.24, 2.45) is 20.4 Å². The molecule has 1 radical (unpaired) electrons. The van der Waals surface area contributed by atoms with Gasteiger partial charge in [-0.25, -0.2) is 0 Å². The summed E-state index contributed by atoms with van der Waals surface area (Å²) in [6.07, 6.45) is 0. The van der Waals surface area contributed by atoms with Crippen LogP contribution in [0.3, 0.4) is 0 Å². The number of halogens is 1. The van der Waals surface area contributed by atoms with Crippen LogP contribution in [-0.2, 0) is 42.3 Å². The molecule has 0 bridgehead atoms. The van der Waals surface area contributed by atoms with E-state index >= 15 is 0 Å². The van der Waals surface area contributed by atoms with Gasteiger partial charge in [-0.05, 0) is 39.8 Å². The van der Waals surface area contributed by atoms with Gasteiger partial charge in [0.2, 0.25) is 0 Å². The monoisotopic (exact) mass is 563 g/mol. The molecule has 0 N–H and O–H groups in total. The molecule has 6 nitrogen and oxygen atoms in total. The maximum absolute atomic E-state index is 6.13. The Morgan fingerprint density at radius 2 is 1.03 bits per heavy atom. The van der Waals surface area contributed by atoms with Gasteiger partial charge in [0.05, 0.1) is 0 Å². The maximum Gasteiger partial charge on any atom is 2.00 e. The van der Waals surface area contributed by atoms with Crippen molar-refractivity contribution >= 4 is 58.6 Å². The van der Waals surface area contributed by atoms with Crippen LogP contribution in [0.2, 0.25) is 5.02 Å². The molecule has 0 saturated carbocycles. The van der Waals surface area contributed by atoms with Crippen LogP contribution in [0.25, 0.3) is 0 Å². The molecular weight excluding hydrogens is 535 g/mol. The van der Waals surface area contributed by atoms with Crippen molar-refractivity contribution in [1.82, 2.24) is 9.80 Å². The summed E-state index contributed by atoms with van der Waals surface area (Å²) in [5.41, 5.74) is 2.69. The Morgan fingerprint density at radius 1 is 0.647 bits per heavy atom. The molecule has 0 aromatic heterocycles. The van der Waals surface area contributed by atoms with Crippen molar-refractivity contribution < 1.29 is 17.1 Å². The van der Waals surface area contributed by atoms with E-state index in [9.17, 15) is 0 Å². The molecule has 0 atom stereocenters. The van der Waals surface area contributed by atoms with E-state index in [1.165, 1.54) is 0 Å². The number of hydrogen-bond acceptors (Lipinski definition) is 6. The molecule has 0 heterocycles. The Bertz CT molecular complexity index is 1000. The Labute approximate surface area is 229 Å². The van der Waals surface area contributed by atoms with Crippen LogP contribution in [0.15, 0.2) is 75.0 Å². The van der Waals surface area contributed by atoms with Gasteiger partial charge >= 0.3 is 17.1 Å². The van der Waals surface area contributed by atoms with Gasteiger partial charge in [-0.3, -0.25) is 0 Å². The maximum atomic E-state index is 6.13. The fourth-order valence-electron chi connectivity index (χ4n) is 2.99. The molecule has 10 heteroatoms. The molecule has 0 saturated heterocycles. The molecule has 0 aliphatic rings. The van der Waals surface area contributed by atoms with Crippen LogP contribution in [0.5, 0.6) is 0 Å². The molecule has 0 spiro atoms. The van der Waals surface area contributed by atoms with Gasteiger partial charge < -0.3 is 35.1 Å². The molecule has 2 rings (SSSR count). The van der Waals surface area contributed by atoms with Gasteiger partial charge in [0.15, 0.2) is 0 Å². The van der Waals surface area contributed by atoms with Gasteiger partial charge in [-0.1, -0.05) is 54.1 Å². The van der Waals surface area contributed by atoms with Crippen LogP contribution < -0.4 is 0 Å². The van der Waals surface area contributed by atoms with Crippen molar-refractivity contribution in [3.8, 4) is 0 Å². The fraction of sp³-hybridized carbons (Fsp3) is 0.333. The predicted octanol–water partition coefficient (Wildman–Crippen LogP) is 4.94. The first-order valence-electron chi connectivity index (χ1n) is 10.9. The minimum Gasteiger partial charge on any atom is -0.741 e. The van der Waals surface area contributed by atoms with E-state index in [2.05, 4.69) is 20.4 Å². The van der Waals surface area contributed by atoms with Crippen LogP contribution >= 0.6 is 11.6 Å². The van der Waals surface area contributed by atoms with Gasteiger partial charge in [-0.15, -0.1) is 10.2 Å². The van der Waals surface area contributed by atoms with E-state index in [1.807, 2.05) is 80.0 Å². The first-order chi connectivity index (χ1) is 15.9. The molecule has 0 unspecified atom stereocenters. The van der Waals surface area contributed by atoms with Gasteiger partial charge in [0, 0.05) is 52.7 Å². The molecule has 2 aromatic carbocycles. The van der Waals surface area contributed by atoms with Crippen molar-refractivity contribution in [1.29, 1.82) is 0 Å². The van der Waals surface area contributed by atoms with Gasteiger partial charge in [0.1, 0.15) is 11.4 Å². The van der Waals surface area contributed by atoms with E-state index in [4.69, 9.17) is 36.9 Å². The van der Waals surface area contributed by atoms with E-state index < -0.39 is 0 Å². The van der Waals surface area contributed by atoms with Gasteiger partial charge in [-0.2, -0.15) is 10.2 Å². The summed E-state index contributed by atoms with van der Waals surface area (Å²) < 4.78 is 0. The molecule has 185 valence electrons. The zero-order valence-corrected chi connectivity index (χ0v) is 23.0. The van der Waals surface area contributed by atoms with E-state index in [0.29, 0.717) is 26.8 Å². The molecule has 34 heavy (non-hydrogen) atoms. The van der Waals surface area contributed by atoms with Crippen LogP contribution in [0, 0.1) is 0 Å². The Kier molecular flexibility index (Phi) is 13.9. The smallest absolute Gasteiger partial charge is 0.741 e. The zero-order valence-electron chi connectivity index (χ0n) is 19.7. The van der Waals surface area contributed by atoms with Crippen molar-refractivity contribution in [3.63, 3.8) is 0 Å². The van der Waals surface area contributed by atoms with Gasteiger partial charge in [0.25, 0.3) is 0 Å². The molecule has 0 amide bonds. The third-order valence-electron chi connectivity index (χ3n) is 4.93. The molecular formula is C24H29ClCuN6S2. The Morgan fingerprint density at radius 3 is 1.41 bits per heavy atom. The first-order valence-corrected chi connectivity index (χ1v) is 12.1. The number of benzene rings is 2. The minimum atomic E-state index is 0. The number of amidine groups is 2. The second-order valence-corrected chi connectivity index (χ2v) is 8.05.